The summed E-state index contributed by atoms with van der Waals surface area (Å²) < 4.78 is 1.88. The second kappa shape index (κ2) is 5.35. The van der Waals surface area contributed by atoms with Crippen LogP contribution in [0.25, 0.3) is 11.1 Å². The number of Topliss-reactive ketones (excluding diaryl/α,β-unsaturated/α-hetero) is 1. The Kier molecular flexibility index (Phi) is 3.11. The summed E-state index contributed by atoms with van der Waals surface area (Å²) in [6.45, 7) is 0. The quantitative estimate of drug-likeness (QED) is 0.860. The number of nitriles is 1. The minimum absolute atomic E-state index is 0.0149. The molecule has 0 saturated heterocycles. The molecule has 0 radical (unpaired) electrons. The zero-order chi connectivity index (χ0) is 17.0. The summed E-state index contributed by atoms with van der Waals surface area (Å²) in [6.07, 6.45) is 10.5. The number of hydrogen-bond acceptors (Lipinski definition) is 5. The van der Waals surface area contributed by atoms with Crippen LogP contribution >= 0.6 is 0 Å². The minimum Gasteiger partial charge on any atom is -0.291 e. The van der Waals surface area contributed by atoms with Gasteiger partial charge in [0, 0.05) is 29.7 Å². The molecule has 0 bridgehead atoms. The van der Waals surface area contributed by atoms with Gasteiger partial charge in [-0.25, -0.2) is 9.98 Å². The monoisotopic (exact) mass is 331 g/mol. The van der Waals surface area contributed by atoms with E-state index in [0.29, 0.717) is 23.9 Å². The van der Waals surface area contributed by atoms with Crippen LogP contribution in [-0.4, -0.2) is 26.8 Å². The molecule has 1 unspecified atom stereocenters. The van der Waals surface area contributed by atoms with E-state index >= 15 is 0 Å². The van der Waals surface area contributed by atoms with Crippen LogP contribution in [-0.2, 0) is 0 Å². The first-order valence-corrected chi connectivity index (χ1v) is 8.81. The Labute approximate surface area is 145 Å². The largest absolute Gasteiger partial charge is 0.291 e. The lowest BCUT2D eigenvalue weighted by Gasteiger charge is -2.21. The number of pyridine rings is 1. The van der Waals surface area contributed by atoms with Crippen molar-refractivity contribution in [2.45, 2.75) is 44.1 Å². The van der Waals surface area contributed by atoms with E-state index in [-0.39, 0.29) is 17.7 Å². The van der Waals surface area contributed by atoms with E-state index < -0.39 is 0 Å². The zero-order valence-corrected chi connectivity index (χ0v) is 13.7. The van der Waals surface area contributed by atoms with Gasteiger partial charge in [-0.2, -0.15) is 10.4 Å². The first-order valence-electron chi connectivity index (χ1n) is 8.81. The van der Waals surface area contributed by atoms with Crippen molar-refractivity contribution in [2.75, 3.05) is 0 Å². The zero-order valence-electron chi connectivity index (χ0n) is 13.7. The van der Waals surface area contributed by atoms with Crippen LogP contribution in [0.1, 0.15) is 60.1 Å². The Morgan fingerprint density at radius 2 is 2.16 bits per heavy atom. The van der Waals surface area contributed by atoms with Crippen molar-refractivity contribution in [3.8, 4) is 17.2 Å². The van der Waals surface area contributed by atoms with Crippen molar-refractivity contribution in [1.82, 2.24) is 14.8 Å². The van der Waals surface area contributed by atoms with E-state index in [4.69, 9.17) is 0 Å². The highest BCUT2D eigenvalue weighted by Crippen LogP contribution is 2.46. The molecule has 3 heterocycles. The predicted octanol–water partition coefficient (Wildman–Crippen LogP) is 3.59. The number of hydrogen-bond donors (Lipinski definition) is 0. The Morgan fingerprint density at radius 1 is 1.32 bits per heavy atom. The van der Waals surface area contributed by atoms with Crippen LogP contribution < -0.4 is 0 Å². The number of aliphatic imine (C=N–C) groups is 1. The summed E-state index contributed by atoms with van der Waals surface area (Å²) in [5, 5.41) is 13.9. The molecule has 3 aliphatic rings. The lowest BCUT2D eigenvalue weighted by molar-refractivity contribution is 0.0977. The second-order valence-electron chi connectivity index (χ2n) is 7.06. The first kappa shape index (κ1) is 14.5. The Bertz CT molecular complexity index is 945. The fraction of sp³-hybridized carbons (Fsp3) is 0.421. The molecule has 0 N–H and O–H groups in total. The third-order valence-corrected chi connectivity index (χ3v) is 5.75. The highest BCUT2D eigenvalue weighted by Gasteiger charge is 2.39. The molecule has 5 rings (SSSR count). The summed E-state index contributed by atoms with van der Waals surface area (Å²) >= 11 is 0. The third-order valence-electron chi connectivity index (χ3n) is 5.75. The Morgan fingerprint density at radius 3 is 2.96 bits per heavy atom. The number of aromatic nitrogens is 3. The summed E-state index contributed by atoms with van der Waals surface area (Å²) in [6, 6.07) is 4.29. The van der Waals surface area contributed by atoms with Crippen molar-refractivity contribution >= 4 is 17.8 Å². The van der Waals surface area contributed by atoms with Crippen LogP contribution in [0.3, 0.4) is 0 Å². The topological polar surface area (TPSA) is 83.9 Å². The number of carbonyl (C=O) groups excluding carboxylic acids is 1. The predicted molar refractivity (Wildman–Crippen MR) is 91.9 cm³/mol. The van der Waals surface area contributed by atoms with Gasteiger partial charge in [0.25, 0.3) is 0 Å². The molecular formula is C19H17N5O. The van der Waals surface area contributed by atoms with E-state index in [9.17, 15) is 10.1 Å². The lowest BCUT2D eigenvalue weighted by atomic mass is 9.83. The molecule has 2 aromatic heterocycles. The van der Waals surface area contributed by atoms with Crippen LogP contribution in [0.2, 0.25) is 0 Å². The number of nitrogens with zero attached hydrogens (tertiary/aromatic N) is 5. The van der Waals surface area contributed by atoms with Crippen molar-refractivity contribution < 1.29 is 4.79 Å². The fourth-order valence-electron chi connectivity index (χ4n) is 4.52. The van der Waals surface area contributed by atoms with Crippen molar-refractivity contribution in [3.05, 3.63) is 29.7 Å². The van der Waals surface area contributed by atoms with Crippen LogP contribution in [0.4, 0.5) is 5.82 Å². The molecule has 1 fully saturated rings. The van der Waals surface area contributed by atoms with Crippen molar-refractivity contribution in [2.24, 2.45) is 10.9 Å². The maximum absolute atomic E-state index is 12.9. The van der Waals surface area contributed by atoms with Gasteiger partial charge in [0.05, 0.1) is 24.4 Å². The van der Waals surface area contributed by atoms with Crippen molar-refractivity contribution in [3.63, 3.8) is 0 Å². The lowest BCUT2D eigenvalue weighted by Crippen LogP contribution is -2.20. The van der Waals surface area contributed by atoms with E-state index in [1.54, 1.807) is 12.4 Å². The molecule has 25 heavy (non-hydrogen) atoms. The van der Waals surface area contributed by atoms with Gasteiger partial charge in [0.1, 0.15) is 5.69 Å². The van der Waals surface area contributed by atoms with Gasteiger partial charge in [-0.1, -0.05) is 12.8 Å². The molecule has 1 saturated carbocycles. The molecule has 0 aromatic carbocycles. The SMILES string of the molecule is N#CC[C@H](C1CCCC1)n1cc2c(n1)C(=O)C1C=Nc3nccc-2c31. The summed E-state index contributed by atoms with van der Waals surface area (Å²) in [4.78, 5) is 21.5. The minimum atomic E-state index is -0.365. The Balaban J connectivity index is 1.63. The fourth-order valence-corrected chi connectivity index (χ4v) is 4.52. The van der Waals surface area contributed by atoms with Gasteiger partial charge in [-0.15, -0.1) is 0 Å². The first-order chi connectivity index (χ1) is 12.3. The molecule has 1 aliphatic heterocycles. The molecule has 0 amide bonds. The average molecular weight is 331 g/mol. The van der Waals surface area contributed by atoms with Gasteiger partial charge in [0.2, 0.25) is 0 Å². The van der Waals surface area contributed by atoms with Crippen molar-refractivity contribution in [1.29, 1.82) is 5.26 Å². The van der Waals surface area contributed by atoms with Gasteiger partial charge in [-0.05, 0) is 30.4 Å². The number of fused-ring (bicyclic) bond motifs is 2. The highest BCUT2D eigenvalue weighted by molar-refractivity contribution is 6.18. The molecule has 124 valence electrons. The van der Waals surface area contributed by atoms with E-state index in [2.05, 4.69) is 21.1 Å². The maximum atomic E-state index is 12.9. The normalized spacial score (nSPS) is 21.9. The number of rotatable bonds is 3. The van der Waals surface area contributed by atoms with Gasteiger partial charge in [-0.3, -0.25) is 9.48 Å². The molecular weight excluding hydrogens is 314 g/mol. The second-order valence-corrected chi connectivity index (χ2v) is 7.06. The standard InChI is InChI=1S/C19H17N5O/c20-7-5-15(11-3-1-2-4-11)24-10-14-12-6-8-21-19-16(12)13(9-22-19)18(25)17(14)23-24/h6,8-11,13,15H,1-5H2/t13?,15-/m1/s1. The Hall–Kier alpha value is -2.81. The highest BCUT2D eigenvalue weighted by atomic mass is 16.1. The van der Waals surface area contributed by atoms with E-state index in [0.717, 1.165) is 29.5 Å². The van der Waals surface area contributed by atoms with Gasteiger partial charge >= 0.3 is 0 Å². The van der Waals surface area contributed by atoms with Gasteiger partial charge < -0.3 is 0 Å². The molecule has 2 aliphatic carbocycles. The van der Waals surface area contributed by atoms with E-state index in [1.165, 1.54) is 12.8 Å². The summed E-state index contributed by atoms with van der Waals surface area (Å²) in [5.41, 5.74) is 3.25. The van der Waals surface area contributed by atoms with Crippen LogP contribution in [0.15, 0.2) is 23.5 Å². The smallest absolute Gasteiger partial charge is 0.196 e. The maximum Gasteiger partial charge on any atom is 0.196 e. The third kappa shape index (κ3) is 2.02. The summed E-state index contributed by atoms with van der Waals surface area (Å²) in [5.74, 6) is 0.724. The van der Waals surface area contributed by atoms with E-state index in [1.807, 2.05) is 16.9 Å². The average Bonchev–Trinajstić information content (AvgIpc) is 3.37. The number of carbonyl (C=O) groups is 1. The molecule has 0 spiro atoms. The molecule has 2 atom stereocenters. The molecule has 2 aromatic rings. The molecule has 6 nitrogen and oxygen atoms in total. The summed E-state index contributed by atoms with van der Waals surface area (Å²) in [7, 11) is 0. The molecule has 6 heteroatoms. The van der Waals surface area contributed by atoms with Crippen LogP contribution in [0.5, 0.6) is 0 Å². The van der Waals surface area contributed by atoms with Gasteiger partial charge in [0.15, 0.2) is 11.6 Å². The number of ketones is 1. The van der Waals surface area contributed by atoms with Crippen LogP contribution in [0, 0.1) is 17.2 Å².